The van der Waals surface area contributed by atoms with E-state index in [1.807, 2.05) is 18.2 Å². The zero-order chi connectivity index (χ0) is 18.8. The number of amides is 1. The highest BCUT2D eigenvalue weighted by Crippen LogP contribution is 2.37. The molecular formula is C20H16ClFN2O2S. The van der Waals surface area contributed by atoms with Gasteiger partial charge in [-0.15, -0.1) is 11.8 Å². The third-order valence-corrected chi connectivity index (χ3v) is 5.61. The molecule has 0 saturated heterocycles. The second kappa shape index (κ2) is 7.74. The molecule has 1 amide bonds. The zero-order valence-electron chi connectivity index (χ0n) is 14.3. The van der Waals surface area contributed by atoms with Crippen molar-refractivity contribution >= 4 is 35.0 Å². The standard InChI is InChI=1S/C20H16ClFN2O2S/c21-13-5-6-18-16(11-13)24(9-10-27-18)20(25)8-7-19-23-12-17(26-19)14-3-1-2-4-15(14)22/h1-6,11-12H,7-10H2. The highest BCUT2D eigenvalue weighted by molar-refractivity contribution is 7.99. The second-order valence-electron chi connectivity index (χ2n) is 6.10. The summed E-state index contributed by atoms with van der Waals surface area (Å²) >= 11 is 7.81. The van der Waals surface area contributed by atoms with Crippen LogP contribution in [-0.2, 0) is 11.2 Å². The van der Waals surface area contributed by atoms with Crippen molar-refractivity contribution in [2.45, 2.75) is 17.7 Å². The summed E-state index contributed by atoms with van der Waals surface area (Å²) in [6, 6.07) is 12.0. The molecule has 0 N–H and O–H groups in total. The number of rotatable bonds is 4. The third kappa shape index (κ3) is 3.87. The largest absolute Gasteiger partial charge is 0.441 e. The Balaban J connectivity index is 1.45. The molecule has 0 atom stereocenters. The van der Waals surface area contributed by atoms with E-state index in [2.05, 4.69) is 4.98 Å². The Hall–Kier alpha value is -2.31. The minimum absolute atomic E-state index is 0.00976. The third-order valence-electron chi connectivity index (χ3n) is 4.33. The first-order valence-electron chi connectivity index (χ1n) is 8.54. The lowest BCUT2D eigenvalue weighted by atomic mass is 10.2. The number of thioether (sulfide) groups is 1. The fourth-order valence-electron chi connectivity index (χ4n) is 3.01. The molecule has 1 aliphatic rings. The minimum atomic E-state index is -0.365. The van der Waals surface area contributed by atoms with E-state index in [4.69, 9.17) is 16.0 Å². The lowest BCUT2D eigenvalue weighted by Gasteiger charge is -2.29. The molecule has 0 bridgehead atoms. The Kier molecular flexibility index (Phi) is 5.18. The van der Waals surface area contributed by atoms with Crippen molar-refractivity contribution < 1.29 is 13.6 Å². The van der Waals surface area contributed by atoms with Crippen LogP contribution in [0.15, 0.2) is 58.0 Å². The molecule has 27 heavy (non-hydrogen) atoms. The smallest absolute Gasteiger partial charge is 0.227 e. The number of hydrogen-bond donors (Lipinski definition) is 0. The Morgan fingerprint density at radius 1 is 1.30 bits per heavy atom. The van der Waals surface area contributed by atoms with E-state index in [9.17, 15) is 9.18 Å². The van der Waals surface area contributed by atoms with Crippen molar-refractivity contribution in [3.63, 3.8) is 0 Å². The molecule has 4 rings (SSSR count). The van der Waals surface area contributed by atoms with E-state index in [1.165, 1.54) is 12.3 Å². The van der Waals surface area contributed by atoms with Crippen LogP contribution in [0.3, 0.4) is 0 Å². The van der Waals surface area contributed by atoms with Crippen molar-refractivity contribution in [1.29, 1.82) is 0 Å². The number of benzene rings is 2. The SMILES string of the molecule is O=C(CCc1ncc(-c2ccccc2F)o1)N1CCSc2ccc(Cl)cc21. The minimum Gasteiger partial charge on any atom is -0.441 e. The number of nitrogens with zero attached hydrogens (tertiary/aromatic N) is 2. The van der Waals surface area contributed by atoms with Crippen LogP contribution >= 0.6 is 23.4 Å². The molecule has 7 heteroatoms. The van der Waals surface area contributed by atoms with Gasteiger partial charge in [-0.1, -0.05) is 23.7 Å². The summed E-state index contributed by atoms with van der Waals surface area (Å²) in [6.07, 6.45) is 2.10. The topological polar surface area (TPSA) is 46.3 Å². The number of aryl methyl sites for hydroxylation is 1. The van der Waals surface area contributed by atoms with Gasteiger partial charge in [0.25, 0.3) is 0 Å². The maximum absolute atomic E-state index is 13.9. The van der Waals surface area contributed by atoms with Gasteiger partial charge in [0, 0.05) is 35.1 Å². The normalized spacial score (nSPS) is 13.5. The quantitative estimate of drug-likeness (QED) is 0.601. The van der Waals surface area contributed by atoms with Crippen molar-refractivity contribution in [2.24, 2.45) is 0 Å². The maximum Gasteiger partial charge on any atom is 0.227 e. The summed E-state index contributed by atoms with van der Waals surface area (Å²) in [5, 5.41) is 0.608. The monoisotopic (exact) mass is 402 g/mol. The van der Waals surface area contributed by atoms with Crippen LogP contribution in [0.1, 0.15) is 12.3 Å². The van der Waals surface area contributed by atoms with Gasteiger partial charge in [-0.2, -0.15) is 0 Å². The van der Waals surface area contributed by atoms with E-state index >= 15 is 0 Å². The zero-order valence-corrected chi connectivity index (χ0v) is 15.9. The molecule has 0 spiro atoms. The number of oxazole rings is 1. The summed E-state index contributed by atoms with van der Waals surface area (Å²) in [4.78, 5) is 19.7. The van der Waals surface area contributed by atoms with Gasteiger partial charge in [-0.3, -0.25) is 4.79 Å². The molecule has 0 fully saturated rings. The Morgan fingerprint density at radius 3 is 3.00 bits per heavy atom. The van der Waals surface area contributed by atoms with Crippen LogP contribution in [0.25, 0.3) is 11.3 Å². The first kappa shape index (κ1) is 18.1. The molecule has 2 aromatic carbocycles. The molecule has 138 valence electrons. The number of aromatic nitrogens is 1. The molecule has 1 aliphatic heterocycles. The number of anilines is 1. The van der Waals surface area contributed by atoms with Gasteiger partial charge in [0.1, 0.15) is 5.82 Å². The number of carbonyl (C=O) groups excluding carboxylic acids is 1. The van der Waals surface area contributed by atoms with Gasteiger partial charge in [-0.05, 0) is 30.3 Å². The van der Waals surface area contributed by atoms with Crippen molar-refractivity contribution in [3.8, 4) is 11.3 Å². The predicted octanol–water partition coefficient (Wildman–Crippen LogP) is 5.21. The Bertz CT molecular complexity index is 992. The van der Waals surface area contributed by atoms with E-state index in [0.29, 0.717) is 35.2 Å². The summed E-state index contributed by atoms with van der Waals surface area (Å²) < 4.78 is 19.5. The number of fused-ring (bicyclic) bond motifs is 1. The van der Waals surface area contributed by atoms with Crippen LogP contribution in [0.5, 0.6) is 0 Å². The summed E-state index contributed by atoms with van der Waals surface area (Å²) in [7, 11) is 0. The molecule has 1 aromatic heterocycles. The number of hydrogen-bond acceptors (Lipinski definition) is 4. The van der Waals surface area contributed by atoms with Crippen molar-refractivity contribution in [2.75, 3.05) is 17.2 Å². The lowest BCUT2D eigenvalue weighted by Crippen LogP contribution is -2.35. The molecular weight excluding hydrogens is 387 g/mol. The van der Waals surface area contributed by atoms with E-state index < -0.39 is 0 Å². The molecule has 4 nitrogen and oxygen atoms in total. The first-order valence-corrected chi connectivity index (χ1v) is 9.90. The maximum atomic E-state index is 13.9. The molecule has 0 aliphatic carbocycles. The first-order chi connectivity index (χ1) is 13.1. The van der Waals surface area contributed by atoms with Gasteiger partial charge < -0.3 is 9.32 Å². The summed E-state index contributed by atoms with van der Waals surface area (Å²) in [5.41, 5.74) is 1.21. The Morgan fingerprint density at radius 2 is 2.15 bits per heavy atom. The second-order valence-corrected chi connectivity index (χ2v) is 7.68. The lowest BCUT2D eigenvalue weighted by molar-refractivity contribution is -0.118. The van der Waals surface area contributed by atoms with Crippen LogP contribution in [0.4, 0.5) is 10.1 Å². The van der Waals surface area contributed by atoms with Gasteiger partial charge >= 0.3 is 0 Å². The fourth-order valence-corrected chi connectivity index (χ4v) is 4.15. The van der Waals surface area contributed by atoms with Gasteiger partial charge in [0.05, 0.1) is 17.4 Å². The molecule has 2 heterocycles. The fraction of sp³-hybridized carbons (Fsp3) is 0.200. The highest BCUT2D eigenvalue weighted by Gasteiger charge is 2.23. The summed E-state index contributed by atoms with van der Waals surface area (Å²) in [6.45, 7) is 0.642. The van der Waals surface area contributed by atoms with Crippen LogP contribution in [0.2, 0.25) is 5.02 Å². The highest BCUT2D eigenvalue weighted by atomic mass is 35.5. The average Bonchev–Trinajstić information content (AvgIpc) is 3.14. The molecule has 0 radical (unpaired) electrons. The Labute approximate surface area is 165 Å². The molecule has 0 unspecified atom stereocenters. The van der Waals surface area contributed by atoms with Gasteiger partial charge in [-0.25, -0.2) is 9.37 Å². The summed E-state index contributed by atoms with van der Waals surface area (Å²) in [5.74, 6) is 1.25. The number of halogens is 2. The van der Waals surface area contributed by atoms with Gasteiger partial charge in [0.2, 0.25) is 5.91 Å². The van der Waals surface area contributed by atoms with Crippen LogP contribution < -0.4 is 4.90 Å². The van der Waals surface area contributed by atoms with E-state index in [0.717, 1.165) is 16.3 Å². The van der Waals surface area contributed by atoms with Gasteiger partial charge in [0.15, 0.2) is 11.7 Å². The average molecular weight is 403 g/mol. The van der Waals surface area contributed by atoms with Crippen LogP contribution in [-0.4, -0.2) is 23.2 Å². The molecule has 0 saturated carbocycles. The van der Waals surface area contributed by atoms with Crippen molar-refractivity contribution in [1.82, 2.24) is 4.98 Å². The number of carbonyl (C=O) groups is 1. The predicted molar refractivity (Wildman–Crippen MR) is 105 cm³/mol. The van der Waals surface area contributed by atoms with E-state index in [-0.39, 0.29) is 18.1 Å². The van der Waals surface area contributed by atoms with Crippen molar-refractivity contribution in [3.05, 3.63) is 65.4 Å². The van der Waals surface area contributed by atoms with E-state index in [1.54, 1.807) is 34.9 Å². The molecule has 3 aromatic rings. The van der Waals surface area contributed by atoms with Crippen LogP contribution in [0, 0.1) is 5.82 Å².